The highest BCUT2D eigenvalue weighted by atomic mass is 16.4. The Bertz CT molecular complexity index is 573. The lowest BCUT2D eigenvalue weighted by Crippen LogP contribution is -2.11. The summed E-state index contributed by atoms with van der Waals surface area (Å²) in [5.41, 5.74) is 3.95. The number of hydrogen-bond acceptors (Lipinski definition) is 2. The van der Waals surface area contributed by atoms with Gasteiger partial charge in [0.05, 0.1) is 5.92 Å². The van der Waals surface area contributed by atoms with Crippen LogP contribution in [0.3, 0.4) is 0 Å². The predicted molar refractivity (Wildman–Crippen MR) is 79.7 cm³/mol. The SMILES string of the molecule is CCCC(C(=O)O)c1ccc(-c2ccc(C)nc2)cc1. The van der Waals surface area contributed by atoms with Crippen LogP contribution in [0.15, 0.2) is 42.6 Å². The van der Waals surface area contributed by atoms with E-state index in [1.807, 2.05) is 56.4 Å². The van der Waals surface area contributed by atoms with E-state index in [0.29, 0.717) is 6.42 Å². The molecule has 0 bridgehead atoms. The number of carboxylic acids is 1. The molecule has 3 heteroatoms. The van der Waals surface area contributed by atoms with Crippen molar-refractivity contribution in [2.75, 3.05) is 0 Å². The summed E-state index contributed by atoms with van der Waals surface area (Å²) in [6.07, 6.45) is 3.37. The smallest absolute Gasteiger partial charge is 0.310 e. The first kappa shape index (κ1) is 14.3. The van der Waals surface area contributed by atoms with Crippen LogP contribution < -0.4 is 0 Å². The highest BCUT2D eigenvalue weighted by Crippen LogP contribution is 2.25. The molecular weight excluding hydrogens is 250 g/mol. The third-order valence-electron chi connectivity index (χ3n) is 3.43. The summed E-state index contributed by atoms with van der Waals surface area (Å²) in [5, 5.41) is 9.26. The number of aliphatic carboxylic acids is 1. The third kappa shape index (κ3) is 3.23. The molecule has 0 saturated heterocycles. The van der Waals surface area contributed by atoms with Gasteiger partial charge in [0.1, 0.15) is 0 Å². The Morgan fingerprint density at radius 2 is 1.80 bits per heavy atom. The van der Waals surface area contributed by atoms with Crippen molar-refractivity contribution < 1.29 is 9.90 Å². The van der Waals surface area contributed by atoms with E-state index in [1.54, 1.807) is 0 Å². The normalized spacial score (nSPS) is 12.1. The molecule has 3 nitrogen and oxygen atoms in total. The maximum atomic E-state index is 11.3. The summed E-state index contributed by atoms with van der Waals surface area (Å²) in [5.74, 6) is -1.17. The first-order valence-corrected chi connectivity index (χ1v) is 6.87. The van der Waals surface area contributed by atoms with Crippen molar-refractivity contribution in [1.29, 1.82) is 0 Å². The average molecular weight is 269 g/mol. The van der Waals surface area contributed by atoms with Crippen molar-refractivity contribution in [3.63, 3.8) is 0 Å². The van der Waals surface area contributed by atoms with Crippen LogP contribution in [0.1, 0.15) is 36.9 Å². The first-order chi connectivity index (χ1) is 9.61. The van der Waals surface area contributed by atoms with Crippen LogP contribution in [0.4, 0.5) is 0 Å². The van der Waals surface area contributed by atoms with E-state index in [0.717, 1.165) is 28.8 Å². The standard InChI is InChI=1S/C17H19NO2/c1-3-4-16(17(19)20)14-9-7-13(8-10-14)15-6-5-12(2)18-11-15/h5-11,16H,3-4H2,1-2H3,(H,19,20). The molecule has 0 spiro atoms. The van der Waals surface area contributed by atoms with E-state index in [1.165, 1.54) is 0 Å². The molecule has 0 aliphatic heterocycles. The molecule has 1 unspecified atom stereocenters. The minimum Gasteiger partial charge on any atom is -0.481 e. The summed E-state index contributed by atoms with van der Waals surface area (Å²) >= 11 is 0. The number of nitrogens with zero attached hydrogens (tertiary/aromatic N) is 1. The zero-order valence-corrected chi connectivity index (χ0v) is 11.8. The molecule has 1 atom stereocenters. The number of hydrogen-bond donors (Lipinski definition) is 1. The Kier molecular flexibility index (Phi) is 4.51. The summed E-state index contributed by atoms with van der Waals surface area (Å²) < 4.78 is 0. The average Bonchev–Trinajstić information content (AvgIpc) is 2.45. The maximum Gasteiger partial charge on any atom is 0.310 e. The van der Waals surface area contributed by atoms with Gasteiger partial charge < -0.3 is 5.11 Å². The van der Waals surface area contributed by atoms with Gasteiger partial charge in [-0.25, -0.2) is 0 Å². The van der Waals surface area contributed by atoms with Crippen molar-refractivity contribution in [2.24, 2.45) is 0 Å². The van der Waals surface area contributed by atoms with Crippen LogP contribution in [0.25, 0.3) is 11.1 Å². The van der Waals surface area contributed by atoms with Crippen LogP contribution in [-0.4, -0.2) is 16.1 Å². The van der Waals surface area contributed by atoms with E-state index < -0.39 is 11.9 Å². The summed E-state index contributed by atoms with van der Waals surface area (Å²) in [6.45, 7) is 3.96. The molecule has 0 saturated carbocycles. The molecule has 0 aliphatic carbocycles. The molecule has 0 amide bonds. The van der Waals surface area contributed by atoms with Crippen LogP contribution in [0.2, 0.25) is 0 Å². The molecule has 0 aliphatic rings. The minimum absolute atomic E-state index is 0.412. The molecule has 0 fully saturated rings. The topological polar surface area (TPSA) is 50.2 Å². The quantitative estimate of drug-likeness (QED) is 0.891. The fraction of sp³-hybridized carbons (Fsp3) is 0.294. The highest BCUT2D eigenvalue weighted by Gasteiger charge is 2.18. The van der Waals surface area contributed by atoms with Gasteiger partial charge in [0.15, 0.2) is 0 Å². The van der Waals surface area contributed by atoms with E-state index in [9.17, 15) is 9.90 Å². The number of carbonyl (C=O) groups is 1. The monoisotopic (exact) mass is 269 g/mol. The fourth-order valence-corrected chi connectivity index (χ4v) is 2.27. The largest absolute Gasteiger partial charge is 0.481 e. The van der Waals surface area contributed by atoms with E-state index >= 15 is 0 Å². The lowest BCUT2D eigenvalue weighted by atomic mass is 9.93. The zero-order chi connectivity index (χ0) is 14.5. The van der Waals surface area contributed by atoms with E-state index in [-0.39, 0.29) is 0 Å². The van der Waals surface area contributed by atoms with Crippen LogP contribution in [-0.2, 0) is 4.79 Å². The summed E-state index contributed by atoms with van der Waals surface area (Å²) in [7, 11) is 0. The Morgan fingerprint density at radius 3 is 2.30 bits per heavy atom. The molecule has 20 heavy (non-hydrogen) atoms. The Balaban J connectivity index is 2.25. The second kappa shape index (κ2) is 6.33. The second-order valence-corrected chi connectivity index (χ2v) is 4.99. The van der Waals surface area contributed by atoms with Gasteiger partial charge in [0.2, 0.25) is 0 Å². The highest BCUT2D eigenvalue weighted by molar-refractivity contribution is 5.76. The minimum atomic E-state index is -0.753. The molecule has 1 aromatic heterocycles. The van der Waals surface area contributed by atoms with Crippen LogP contribution >= 0.6 is 0 Å². The van der Waals surface area contributed by atoms with Crippen molar-refractivity contribution in [3.05, 3.63) is 53.9 Å². The Morgan fingerprint density at radius 1 is 1.15 bits per heavy atom. The molecule has 1 heterocycles. The van der Waals surface area contributed by atoms with Crippen molar-refractivity contribution in [3.8, 4) is 11.1 Å². The first-order valence-electron chi connectivity index (χ1n) is 6.87. The molecule has 2 rings (SSSR count). The van der Waals surface area contributed by atoms with E-state index in [4.69, 9.17) is 0 Å². The summed E-state index contributed by atoms with van der Waals surface area (Å²) in [6, 6.07) is 11.7. The lowest BCUT2D eigenvalue weighted by molar-refractivity contribution is -0.139. The predicted octanol–water partition coefficient (Wildman–Crippen LogP) is 4.03. The zero-order valence-electron chi connectivity index (χ0n) is 11.8. The van der Waals surface area contributed by atoms with Gasteiger partial charge >= 0.3 is 5.97 Å². The maximum absolute atomic E-state index is 11.3. The third-order valence-corrected chi connectivity index (χ3v) is 3.43. The molecule has 2 aromatic rings. The molecular formula is C17H19NO2. The molecule has 104 valence electrons. The lowest BCUT2D eigenvalue weighted by Gasteiger charge is -2.12. The van der Waals surface area contributed by atoms with Gasteiger partial charge in [-0.2, -0.15) is 0 Å². The van der Waals surface area contributed by atoms with Crippen molar-refractivity contribution in [2.45, 2.75) is 32.6 Å². The summed E-state index contributed by atoms with van der Waals surface area (Å²) in [4.78, 5) is 15.5. The number of pyridine rings is 1. The van der Waals surface area contributed by atoms with Gasteiger partial charge in [-0.15, -0.1) is 0 Å². The number of rotatable bonds is 5. The van der Waals surface area contributed by atoms with Crippen LogP contribution in [0.5, 0.6) is 0 Å². The number of aryl methyl sites for hydroxylation is 1. The van der Waals surface area contributed by atoms with Gasteiger partial charge in [-0.05, 0) is 30.5 Å². The second-order valence-electron chi connectivity index (χ2n) is 4.99. The van der Waals surface area contributed by atoms with Gasteiger partial charge in [0.25, 0.3) is 0 Å². The number of benzene rings is 1. The van der Waals surface area contributed by atoms with Crippen molar-refractivity contribution in [1.82, 2.24) is 4.98 Å². The Hall–Kier alpha value is -2.16. The van der Waals surface area contributed by atoms with Crippen LogP contribution in [0, 0.1) is 6.92 Å². The van der Waals surface area contributed by atoms with Gasteiger partial charge in [-0.1, -0.05) is 43.7 Å². The number of aromatic nitrogens is 1. The van der Waals surface area contributed by atoms with Gasteiger partial charge in [-0.3, -0.25) is 9.78 Å². The number of carboxylic acid groups (broad SMARTS) is 1. The molecule has 1 aromatic carbocycles. The fourth-order valence-electron chi connectivity index (χ4n) is 2.27. The van der Waals surface area contributed by atoms with Gasteiger partial charge in [0, 0.05) is 17.5 Å². The van der Waals surface area contributed by atoms with Crippen molar-refractivity contribution >= 4 is 5.97 Å². The molecule has 0 radical (unpaired) electrons. The van der Waals surface area contributed by atoms with E-state index in [2.05, 4.69) is 4.98 Å². The Labute approximate surface area is 119 Å². The molecule has 1 N–H and O–H groups in total.